The highest BCUT2D eigenvalue weighted by molar-refractivity contribution is 7.89. The Labute approximate surface area is 162 Å². The summed E-state index contributed by atoms with van der Waals surface area (Å²) in [5, 5.41) is 4.89. The average Bonchev–Trinajstić information content (AvgIpc) is 3.05. The fourth-order valence-corrected chi connectivity index (χ4v) is 3.54. The fourth-order valence-electron chi connectivity index (χ4n) is 1.95. The smallest absolute Gasteiger partial charge is 0.275 e. The van der Waals surface area contributed by atoms with E-state index in [0.717, 1.165) is 4.31 Å². The van der Waals surface area contributed by atoms with Crippen molar-refractivity contribution in [2.75, 3.05) is 26.0 Å². The molecule has 0 atom stereocenters. The molecular weight excluding hydrogens is 400 g/mol. The Bertz CT molecular complexity index is 868. The maximum atomic E-state index is 12.4. The van der Waals surface area contributed by atoms with Crippen LogP contribution in [-0.4, -0.2) is 44.3 Å². The highest BCUT2D eigenvalue weighted by Crippen LogP contribution is 2.29. The van der Waals surface area contributed by atoms with Gasteiger partial charge in [0.25, 0.3) is 5.91 Å². The molecule has 144 valence electrons. The largest absolute Gasteiger partial charge is 0.492 e. The van der Waals surface area contributed by atoms with Crippen LogP contribution >= 0.6 is 23.7 Å². The molecule has 8 nitrogen and oxygen atoms in total. The van der Waals surface area contributed by atoms with Crippen LogP contribution in [0.4, 0.5) is 5.69 Å². The number of hydrogen-bond acceptors (Lipinski definition) is 7. The zero-order chi connectivity index (χ0) is 18.6. The molecule has 0 saturated carbocycles. The molecule has 0 fully saturated rings. The first-order chi connectivity index (χ1) is 11.8. The quantitative estimate of drug-likeness (QED) is 0.707. The van der Waals surface area contributed by atoms with E-state index in [0.29, 0.717) is 17.4 Å². The van der Waals surface area contributed by atoms with E-state index in [1.807, 2.05) is 0 Å². The molecule has 3 N–H and O–H groups in total. The van der Waals surface area contributed by atoms with Crippen molar-refractivity contribution < 1.29 is 17.9 Å². The molecule has 0 aliphatic rings. The van der Waals surface area contributed by atoms with E-state index in [9.17, 15) is 13.2 Å². The maximum absolute atomic E-state index is 12.4. The van der Waals surface area contributed by atoms with Crippen LogP contribution in [0.15, 0.2) is 28.5 Å². The molecular formula is C15H21ClN4O4S2. The normalized spacial score (nSPS) is 11.1. The van der Waals surface area contributed by atoms with Gasteiger partial charge in [-0.1, -0.05) is 0 Å². The first-order valence-electron chi connectivity index (χ1n) is 7.44. The van der Waals surface area contributed by atoms with Gasteiger partial charge in [-0.15, -0.1) is 23.7 Å². The minimum Gasteiger partial charge on any atom is -0.492 e. The summed E-state index contributed by atoms with van der Waals surface area (Å²) in [5.41, 5.74) is 5.98. The van der Waals surface area contributed by atoms with Gasteiger partial charge in [0.05, 0.1) is 17.2 Å². The Morgan fingerprint density at radius 3 is 2.62 bits per heavy atom. The minimum absolute atomic E-state index is 0. The minimum atomic E-state index is -3.63. The number of nitrogens with two attached hydrogens (primary N) is 1. The summed E-state index contributed by atoms with van der Waals surface area (Å²) in [6, 6.07) is 4.32. The Balaban J connectivity index is 0.00000338. The first kappa shape index (κ1) is 22.3. The molecule has 0 bridgehead atoms. The van der Waals surface area contributed by atoms with Crippen molar-refractivity contribution in [2.45, 2.75) is 18.4 Å². The van der Waals surface area contributed by atoms with Crippen LogP contribution in [0.25, 0.3) is 0 Å². The summed E-state index contributed by atoms with van der Waals surface area (Å²) in [7, 11) is -0.759. The Hall–Kier alpha value is -1.72. The zero-order valence-electron chi connectivity index (χ0n) is 14.6. The van der Waals surface area contributed by atoms with Crippen molar-refractivity contribution in [2.24, 2.45) is 5.73 Å². The second-order valence-corrected chi connectivity index (χ2v) is 8.26. The van der Waals surface area contributed by atoms with Gasteiger partial charge in [0, 0.05) is 26.0 Å². The van der Waals surface area contributed by atoms with E-state index < -0.39 is 15.9 Å². The van der Waals surface area contributed by atoms with Crippen molar-refractivity contribution in [3.8, 4) is 5.75 Å². The molecule has 1 aromatic heterocycles. The number of carbonyl (C=O) groups excluding carboxylic acids is 1. The number of amides is 1. The van der Waals surface area contributed by atoms with E-state index >= 15 is 0 Å². The first-order valence-corrected chi connectivity index (χ1v) is 9.76. The van der Waals surface area contributed by atoms with E-state index in [4.69, 9.17) is 10.5 Å². The van der Waals surface area contributed by atoms with E-state index in [2.05, 4.69) is 10.3 Å². The second kappa shape index (κ2) is 9.28. The molecule has 0 aliphatic heterocycles. The number of carbonyl (C=O) groups is 1. The highest BCUT2D eigenvalue weighted by Gasteiger charge is 2.20. The number of benzene rings is 1. The van der Waals surface area contributed by atoms with Crippen molar-refractivity contribution in [1.82, 2.24) is 9.29 Å². The molecule has 11 heteroatoms. The number of thiazole rings is 1. The molecule has 2 aromatic rings. The predicted octanol–water partition coefficient (Wildman–Crippen LogP) is 1.92. The number of rotatable bonds is 7. The van der Waals surface area contributed by atoms with Crippen molar-refractivity contribution >= 4 is 45.4 Å². The number of nitrogens with zero attached hydrogens (tertiary/aromatic N) is 2. The van der Waals surface area contributed by atoms with Crippen LogP contribution in [0.5, 0.6) is 5.75 Å². The van der Waals surface area contributed by atoms with E-state index in [1.54, 1.807) is 12.3 Å². The van der Waals surface area contributed by atoms with Crippen LogP contribution < -0.4 is 15.8 Å². The number of aromatic nitrogens is 1. The highest BCUT2D eigenvalue weighted by atomic mass is 35.5. The second-order valence-electron chi connectivity index (χ2n) is 5.16. The van der Waals surface area contributed by atoms with Crippen molar-refractivity contribution in [3.05, 3.63) is 34.3 Å². The number of anilines is 1. The van der Waals surface area contributed by atoms with E-state index in [-0.39, 0.29) is 35.2 Å². The van der Waals surface area contributed by atoms with Gasteiger partial charge in [-0.25, -0.2) is 17.7 Å². The van der Waals surface area contributed by atoms with E-state index in [1.165, 1.54) is 43.6 Å². The summed E-state index contributed by atoms with van der Waals surface area (Å²) in [6.07, 6.45) is 0. The molecule has 1 amide bonds. The molecule has 1 aromatic carbocycles. The third kappa shape index (κ3) is 4.92. The van der Waals surface area contributed by atoms with Crippen LogP contribution in [-0.2, 0) is 16.6 Å². The maximum Gasteiger partial charge on any atom is 0.275 e. The third-order valence-electron chi connectivity index (χ3n) is 3.24. The van der Waals surface area contributed by atoms with Gasteiger partial charge in [-0.3, -0.25) is 4.79 Å². The summed E-state index contributed by atoms with van der Waals surface area (Å²) < 4.78 is 31.2. The number of sulfonamides is 1. The summed E-state index contributed by atoms with van der Waals surface area (Å²) in [6.45, 7) is 2.42. The third-order valence-corrected chi connectivity index (χ3v) is 5.92. The number of hydrogen-bond donors (Lipinski definition) is 2. The molecule has 0 spiro atoms. The molecule has 0 aliphatic carbocycles. The Kier molecular flexibility index (Phi) is 7.97. The SMILES string of the molecule is CCOc1ccc(S(=O)(=O)N(C)C)cc1NC(=O)c1csc(CN)n1.Cl. The molecule has 2 rings (SSSR count). The Morgan fingerprint density at radius 2 is 2.08 bits per heavy atom. The molecule has 0 unspecified atom stereocenters. The summed E-state index contributed by atoms with van der Waals surface area (Å²) in [4.78, 5) is 16.5. The lowest BCUT2D eigenvalue weighted by Gasteiger charge is -2.15. The van der Waals surface area contributed by atoms with Crippen LogP contribution in [0.3, 0.4) is 0 Å². The van der Waals surface area contributed by atoms with Gasteiger partial charge >= 0.3 is 0 Å². The molecule has 0 radical (unpaired) electrons. The van der Waals surface area contributed by atoms with Crippen LogP contribution in [0, 0.1) is 0 Å². The van der Waals surface area contributed by atoms with Gasteiger partial charge in [0.2, 0.25) is 10.0 Å². The Morgan fingerprint density at radius 1 is 1.38 bits per heavy atom. The molecule has 1 heterocycles. The fraction of sp³-hybridized carbons (Fsp3) is 0.333. The monoisotopic (exact) mass is 420 g/mol. The van der Waals surface area contributed by atoms with Crippen molar-refractivity contribution in [3.63, 3.8) is 0 Å². The number of ether oxygens (including phenoxy) is 1. The van der Waals surface area contributed by atoms with Gasteiger partial charge in [0.1, 0.15) is 16.5 Å². The lowest BCUT2D eigenvalue weighted by molar-refractivity contribution is 0.102. The van der Waals surface area contributed by atoms with Crippen molar-refractivity contribution in [1.29, 1.82) is 0 Å². The summed E-state index contributed by atoms with van der Waals surface area (Å²) >= 11 is 1.28. The molecule has 0 saturated heterocycles. The van der Waals surface area contributed by atoms with Gasteiger partial charge in [0.15, 0.2) is 0 Å². The topological polar surface area (TPSA) is 115 Å². The van der Waals surface area contributed by atoms with Crippen LogP contribution in [0.2, 0.25) is 0 Å². The van der Waals surface area contributed by atoms with Gasteiger partial charge in [-0.05, 0) is 25.1 Å². The molecule has 26 heavy (non-hydrogen) atoms. The standard InChI is InChI=1S/C15H20N4O4S2.ClH/c1-4-23-13-6-5-10(25(21,22)19(2)3)7-11(13)18-15(20)12-9-24-14(8-16)17-12;/h5-7,9H,4,8,16H2,1-3H3,(H,18,20);1H. The lowest BCUT2D eigenvalue weighted by Crippen LogP contribution is -2.22. The summed E-state index contributed by atoms with van der Waals surface area (Å²) in [5.74, 6) is -0.0841. The average molecular weight is 421 g/mol. The predicted molar refractivity (Wildman–Crippen MR) is 104 cm³/mol. The number of nitrogens with one attached hydrogen (secondary N) is 1. The van der Waals surface area contributed by atoms with Gasteiger partial charge in [-0.2, -0.15) is 0 Å². The lowest BCUT2D eigenvalue weighted by atomic mass is 10.3. The number of halogens is 1. The van der Waals surface area contributed by atoms with Gasteiger partial charge < -0.3 is 15.8 Å². The zero-order valence-corrected chi connectivity index (χ0v) is 17.0. The van der Waals surface area contributed by atoms with Crippen LogP contribution in [0.1, 0.15) is 22.4 Å².